The molecule has 1 fully saturated rings. The van der Waals surface area contributed by atoms with Gasteiger partial charge < -0.3 is 10.4 Å². The average Bonchev–Trinajstić information content (AvgIpc) is 2.50. The highest BCUT2D eigenvalue weighted by atomic mass is 35.5. The molecule has 116 valence electrons. The minimum absolute atomic E-state index is 0.0754. The highest BCUT2D eigenvalue weighted by Crippen LogP contribution is 2.15. The Labute approximate surface area is 131 Å². The number of amides is 1. The van der Waals surface area contributed by atoms with E-state index in [4.69, 9.17) is 16.7 Å². The third-order valence-corrected chi connectivity index (χ3v) is 4.23. The Morgan fingerprint density at radius 1 is 1.29 bits per heavy atom. The molecule has 1 aromatic rings. The number of halogens is 1. The number of hydrogen-bond acceptors (Lipinski definition) is 3. The van der Waals surface area contributed by atoms with Crippen LogP contribution in [0.15, 0.2) is 24.3 Å². The van der Waals surface area contributed by atoms with Gasteiger partial charge in [0.25, 0.3) is 0 Å². The highest BCUT2D eigenvalue weighted by Gasteiger charge is 2.19. The Balaban J connectivity index is 1.62. The van der Waals surface area contributed by atoms with E-state index in [1.54, 1.807) is 0 Å². The average molecular weight is 311 g/mol. The molecule has 1 saturated heterocycles. The van der Waals surface area contributed by atoms with Crippen LogP contribution >= 0.6 is 11.6 Å². The summed E-state index contributed by atoms with van der Waals surface area (Å²) < 4.78 is 0. The van der Waals surface area contributed by atoms with Crippen LogP contribution in [0.5, 0.6) is 0 Å². The molecule has 1 heterocycles. The first-order valence-corrected chi connectivity index (χ1v) is 7.89. The second-order valence-electron chi connectivity index (χ2n) is 5.63. The zero-order valence-corrected chi connectivity index (χ0v) is 13.0. The topological polar surface area (TPSA) is 52.6 Å². The van der Waals surface area contributed by atoms with Crippen molar-refractivity contribution in [2.75, 3.05) is 32.8 Å². The zero-order valence-electron chi connectivity index (χ0n) is 12.2. The standard InChI is InChI=1S/C16H23ClN2O2/c17-15-3-1-13(2-4-15)5-8-18-16(21)11-19-9-6-14(12-20)7-10-19/h1-4,14,20H,5-12H2,(H,18,21). The van der Waals surface area contributed by atoms with E-state index >= 15 is 0 Å². The Kier molecular flexibility index (Phi) is 6.49. The first-order valence-electron chi connectivity index (χ1n) is 7.51. The molecule has 0 radical (unpaired) electrons. The summed E-state index contributed by atoms with van der Waals surface area (Å²) in [5, 5.41) is 12.8. The number of carbonyl (C=O) groups is 1. The van der Waals surface area contributed by atoms with Crippen molar-refractivity contribution in [3.8, 4) is 0 Å². The molecule has 0 saturated carbocycles. The van der Waals surface area contributed by atoms with Crippen molar-refractivity contribution in [3.63, 3.8) is 0 Å². The molecule has 1 aromatic carbocycles. The molecule has 4 nitrogen and oxygen atoms in total. The summed E-state index contributed by atoms with van der Waals surface area (Å²) in [4.78, 5) is 14.0. The van der Waals surface area contributed by atoms with Gasteiger partial charge in [0.2, 0.25) is 5.91 Å². The van der Waals surface area contributed by atoms with Gasteiger partial charge in [-0.05, 0) is 56.0 Å². The molecule has 21 heavy (non-hydrogen) atoms. The second-order valence-corrected chi connectivity index (χ2v) is 6.06. The fourth-order valence-corrected chi connectivity index (χ4v) is 2.71. The smallest absolute Gasteiger partial charge is 0.234 e. The first-order chi connectivity index (χ1) is 10.2. The van der Waals surface area contributed by atoms with Crippen LogP contribution in [0.1, 0.15) is 18.4 Å². The molecule has 0 bridgehead atoms. The van der Waals surface area contributed by atoms with Gasteiger partial charge in [-0.25, -0.2) is 0 Å². The second kappa shape index (κ2) is 8.37. The van der Waals surface area contributed by atoms with Crippen LogP contribution in [0.25, 0.3) is 0 Å². The number of aliphatic hydroxyl groups excluding tert-OH is 1. The Morgan fingerprint density at radius 2 is 1.95 bits per heavy atom. The monoisotopic (exact) mass is 310 g/mol. The summed E-state index contributed by atoms with van der Waals surface area (Å²) in [5.41, 5.74) is 1.17. The summed E-state index contributed by atoms with van der Waals surface area (Å²) in [6.45, 7) is 3.17. The molecular formula is C16H23ClN2O2. The van der Waals surface area contributed by atoms with E-state index in [9.17, 15) is 4.79 Å². The number of hydrogen-bond donors (Lipinski definition) is 2. The number of piperidine rings is 1. The lowest BCUT2D eigenvalue weighted by molar-refractivity contribution is -0.122. The van der Waals surface area contributed by atoms with E-state index < -0.39 is 0 Å². The van der Waals surface area contributed by atoms with Gasteiger partial charge in [0.1, 0.15) is 0 Å². The third-order valence-electron chi connectivity index (χ3n) is 3.98. The summed E-state index contributed by atoms with van der Waals surface area (Å²) in [5.74, 6) is 0.487. The molecule has 2 N–H and O–H groups in total. The predicted molar refractivity (Wildman–Crippen MR) is 84.4 cm³/mol. The fraction of sp³-hybridized carbons (Fsp3) is 0.562. The summed E-state index contributed by atoms with van der Waals surface area (Å²) in [6.07, 6.45) is 2.78. The molecule has 2 rings (SSSR count). The van der Waals surface area contributed by atoms with Gasteiger partial charge in [-0.1, -0.05) is 23.7 Å². The van der Waals surface area contributed by atoms with Crippen LogP contribution in [0, 0.1) is 5.92 Å². The molecule has 0 unspecified atom stereocenters. The lowest BCUT2D eigenvalue weighted by Gasteiger charge is -2.30. The van der Waals surface area contributed by atoms with Crippen LogP contribution in [0.3, 0.4) is 0 Å². The quantitative estimate of drug-likeness (QED) is 0.841. The maximum atomic E-state index is 11.9. The molecular weight excluding hydrogens is 288 g/mol. The van der Waals surface area contributed by atoms with Gasteiger partial charge >= 0.3 is 0 Å². The minimum Gasteiger partial charge on any atom is -0.396 e. The molecule has 0 spiro atoms. The molecule has 0 aliphatic carbocycles. The number of aliphatic hydroxyl groups is 1. The van der Waals surface area contributed by atoms with Crippen molar-refractivity contribution in [2.24, 2.45) is 5.92 Å². The molecule has 1 amide bonds. The van der Waals surface area contributed by atoms with Gasteiger partial charge in [-0.15, -0.1) is 0 Å². The summed E-state index contributed by atoms with van der Waals surface area (Å²) in [6, 6.07) is 7.69. The van der Waals surface area contributed by atoms with E-state index in [0.717, 1.165) is 37.4 Å². The van der Waals surface area contributed by atoms with E-state index in [0.29, 0.717) is 19.0 Å². The maximum absolute atomic E-state index is 11.9. The lowest BCUT2D eigenvalue weighted by atomic mass is 9.98. The summed E-state index contributed by atoms with van der Waals surface area (Å²) in [7, 11) is 0. The Bertz CT molecular complexity index is 442. The fourth-order valence-electron chi connectivity index (χ4n) is 2.58. The SMILES string of the molecule is O=C(CN1CCC(CO)CC1)NCCc1ccc(Cl)cc1. The molecule has 5 heteroatoms. The number of benzene rings is 1. The number of carbonyl (C=O) groups excluding carboxylic acids is 1. The van der Waals surface area contributed by atoms with Gasteiger partial charge in [0, 0.05) is 18.2 Å². The Hall–Kier alpha value is -1.10. The van der Waals surface area contributed by atoms with Crippen LogP contribution in [-0.4, -0.2) is 48.7 Å². The predicted octanol–water partition coefficient (Wildman–Crippen LogP) is 1.70. The van der Waals surface area contributed by atoms with E-state index in [1.165, 1.54) is 5.56 Å². The van der Waals surface area contributed by atoms with Crippen molar-refractivity contribution >= 4 is 17.5 Å². The van der Waals surface area contributed by atoms with Crippen molar-refractivity contribution in [1.29, 1.82) is 0 Å². The van der Waals surface area contributed by atoms with Crippen LogP contribution in [0.2, 0.25) is 5.02 Å². The first kappa shape index (κ1) is 16.3. The zero-order chi connectivity index (χ0) is 15.1. The highest BCUT2D eigenvalue weighted by molar-refractivity contribution is 6.30. The van der Waals surface area contributed by atoms with Gasteiger partial charge in [-0.3, -0.25) is 9.69 Å². The maximum Gasteiger partial charge on any atom is 0.234 e. The number of nitrogens with zero attached hydrogens (tertiary/aromatic N) is 1. The number of likely N-dealkylation sites (tertiary alicyclic amines) is 1. The van der Waals surface area contributed by atoms with Crippen molar-refractivity contribution < 1.29 is 9.90 Å². The molecule has 0 atom stereocenters. The number of nitrogens with one attached hydrogen (secondary N) is 1. The normalized spacial score (nSPS) is 16.9. The third kappa shape index (κ3) is 5.65. The number of rotatable bonds is 6. The van der Waals surface area contributed by atoms with Crippen molar-refractivity contribution in [3.05, 3.63) is 34.9 Å². The van der Waals surface area contributed by atoms with E-state index in [-0.39, 0.29) is 12.5 Å². The van der Waals surface area contributed by atoms with Gasteiger partial charge in [0.15, 0.2) is 0 Å². The molecule has 1 aliphatic rings. The largest absolute Gasteiger partial charge is 0.396 e. The van der Waals surface area contributed by atoms with E-state index in [1.807, 2.05) is 24.3 Å². The Morgan fingerprint density at radius 3 is 2.57 bits per heavy atom. The van der Waals surface area contributed by atoms with Gasteiger partial charge in [0.05, 0.1) is 6.54 Å². The van der Waals surface area contributed by atoms with Crippen molar-refractivity contribution in [2.45, 2.75) is 19.3 Å². The van der Waals surface area contributed by atoms with Crippen molar-refractivity contribution in [1.82, 2.24) is 10.2 Å². The van der Waals surface area contributed by atoms with E-state index in [2.05, 4.69) is 10.2 Å². The van der Waals surface area contributed by atoms with Crippen LogP contribution in [0.4, 0.5) is 0 Å². The lowest BCUT2D eigenvalue weighted by Crippen LogP contribution is -2.42. The van der Waals surface area contributed by atoms with Gasteiger partial charge in [-0.2, -0.15) is 0 Å². The van der Waals surface area contributed by atoms with Crippen LogP contribution in [-0.2, 0) is 11.2 Å². The molecule has 0 aromatic heterocycles. The summed E-state index contributed by atoms with van der Waals surface area (Å²) >= 11 is 5.83. The minimum atomic E-state index is 0.0754. The molecule has 1 aliphatic heterocycles. The van der Waals surface area contributed by atoms with Crippen LogP contribution < -0.4 is 5.32 Å².